The zero-order chi connectivity index (χ0) is 18.0. The molecule has 1 amide bonds. The number of aromatic carboxylic acids is 1. The summed E-state index contributed by atoms with van der Waals surface area (Å²) in [5, 5.41) is 9.41. The van der Waals surface area contributed by atoms with E-state index in [9.17, 15) is 9.59 Å². The Kier molecular flexibility index (Phi) is 4.62. The lowest BCUT2D eigenvalue weighted by atomic mass is 10.2. The lowest BCUT2D eigenvalue weighted by molar-refractivity contribution is -0.121. The number of nitrogens with zero attached hydrogens (tertiary/aromatic N) is 2. The van der Waals surface area contributed by atoms with Crippen LogP contribution in [0.1, 0.15) is 16.1 Å². The average molecular weight is 358 g/mol. The van der Waals surface area contributed by atoms with Crippen molar-refractivity contribution in [1.82, 2.24) is 4.90 Å². The van der Waals surface area contributed by atoms with E-state index in [0.717, 1.165) is 0 Å². The first-order valence-electron chi connectivity index (χ1n) is 7.21. The molecule has 1 fully saturated rings. The molecule has 1 N–H and O–H groups in total. The quantitative estimate of drug-likeness (QED) is 0.844. The minimum Gasteiger partial charge on any atom is -0.478 e. The second kappa shape index (κ2) is 6.86. The number of ether oxygens (including phenoxy) is 1. The number of amides is 1. The van der Waals surface area contributed by atoms with Crippen LogP contribution in [0.2, 0.25) is 0 Å². The van der Waals surface area contributed by atoms with Gasteiger partial charge in [0.1, 0.15) is 5.76 Å². The van der Waals surface area contributed by atoms with Crippen molar-refractivity contribution < 1.29 is 23.8 Å². The Morgan fingerprint density at radius 3 is 2.60 bits per heavy atom. The molecule has 1 aromatic heterocycles. The molecular weight excluding hydrogens is 344 g/mol. The highest BCUT2D eigenvalue weighted by molar-refractivity contribution is 8.18. The van der Waals surface area contributed by atoms with Crippen molar-refractivity contribution in [2.24, 2.45) is 4.99 Å². The van der Waals surface area contributed by atoms with Crippen molar-refractivity contribution in [2.75, 3.05) is 14.2 Å². The standard InChI is InChI=1S/C17H14N2O5S/c1-19-15(20)13(9-12-7-8-14(23-2)24-12)25-17(19)18-11-5-3-10(4-6-11)16(21)22/h3-9H,1-2H3,(H,21,22)/b13-9-,18-17?. The summed E-state index contributed by atoms with van der Waals surface area (Å²) in [7, 11) is 3.13. The van der Waals surface area contributed by atoms with Crippen LogP contribution in [-0.4, -0.2) is 41.2 Å². The van der Waals surface area contributed by atoms with Crippen molar-refractivity contribution in [2.45, 2.75) is 0 Å². The smallest absolute Gasteiger partial charge is 0.335 e. The van der Waals surface area contributed by atoms with E-state index < -0.39 is 5.97 Å². The number of benzene rings is 1. The van der Waals surface area contributed by atoms with Crippen molar-refractivity contribution in [1.29, 1.82) is 0 Å². The lowest BCUT2D eigenvalue weighted by Gasteiger charge is -2.07. The number of furan rings is 1. The van der Waals surface area contributed by atoms with Gasteiger partial charge in [0.25, 0.3) is 11.9 Å². The summed E-state index contributed by atoms with van der Waals surface area (Å²) in [5.41, 5.74) is 0.743. The van der Waals surface area contributed by atoms with E-state index in [-0.39, 0.29) is 11.5 Å². The van der Waals surface area contributed by atoms with Gasteiger partial charge in [-0.05, 0) is 42.1 Å². The summed E-state index contributed by atoms with van der Waals surface area (Å²) in [6, 6.07) is 9.49. The molecule has 3 rings (SSSR count). The Morgan fingerprint density at radius 1 is 1.28 bits per heavy atom. The maximum atomic E-state index is 12.3. The third-order valence-electron chi connectivity index (χ3n) is 3.42. The molecule has 1 saturated heterocycles. The molecule has 0 saturated carbocycles. The molecule has 0 radical (unpaired) electrons. The number of aliphatic imine (C=N–C) groups is 1. The minimum atomic E-state index is -0.999. The number of carboxylic acids is 1. The molecule has 0 spiro atoms. The monoisotopic (exact) mass is 358 g/mol. The maximum absolute atomic E-state index is 12.3. The summed E-state index contributed by atoms with van der Waals surface area (Å²) < 4.78 is 10.4. The Morgan fingerprint density at radius 2 is 2.00 bits per heavy atom. The van der Waals surface area contributed by atoms with Crippen LogP contribution in [0.25, 0.3) is 6.08 Å². The molecular formula is C17H14N2O5S. The third kappa shape index (κ3) is 3.58. The first-order valence-corrected chi connectivity index (χ1v) is 8.03. The average Bonchev–Trinajstić information content (AvgIpc) is 3.16. The summed E-state index contributed by atoms with van der Waals surface area (Å²) in [4.78, 5) is 29.5. The molecule has 1 aliphatic heterocycles. The van der Waals surface area contributed by atoms with Gasteiger partial charge in [0.05, 0.1) is 23.3 Å². The van der Waals surface area contributed by atoms with Crippen molar-refractivity contribution >= 4 is 40.6 Å². The maximum Gasteiger partial charge on any atom is 0.335 e. The van der Waals surface area contributed by atoms with Gasteiger partial charge in [-0.3, -0.25) is 9.69 Å². The zero-order valence-corrected chi connectivity index (χ0v) is 14.2. The highest BCUT2D eigenvalue weighted by Gasteiger charge is 2.30. The first kappa shape index (κ1) is 16.8. The molecule has 1 aliphatic rings. The van der Waals surface area contributed by atoms with E-state index in [1.807, 2.05) is 0 Å². The molecule has 0 bridgehead atoms. The first-order chi connectivity index (χ1) is 12.0. The van der Waals surface area contributed by atoms with Gasteiger partial charge in [0, 0.05) is 19.2 Å². The molecule has 0 unspecified atom stereocenters. The van der Waals surface area contributed by atoms with Crippen LogP contribution in [0.4, 0.5) is 5.69 Å². The molecule has 128 valence electrons. The van der Waals surface area contributed by atoms with Gasteiger partial charge >= 0.3 is 5.97 Å². The number of hydrogen-bond donors (Lipinski definition) is 1. The summed E-state index contributed by atoms with van der Waals surface area (Å²) in [6.07, 6.45) is 1.63. The lowest BCUT2D eigenvalue weighted by Crippen LogP contribution is -2.23. The van der Waals surface area contributed by atoms with Crippen molar-refractivity contribution in [3.8, 4) is 5.95 Å². The molecule has 8 heteroatoms. The summed E-state index contributed by atoms with van der Waals surface area (Å²) >= 11 is 1.21. The second-order valence-electron chi connectivity index (χ2n) is 5.08. The molecule has 2 aromatic rings. The topological polar surface area (TPSA) is 92.3 Å². The van der Waals surface area contributed by atoms with Crippen LogP contribution in [0, 0.1) is 0 Å². The number of thioether (sulfide) groups is 1. The predicted molar refractivity (Wildman–Crippen MR) is 94.1 cm³/mol. The Balaban J connectivity index is 1.83. The largest absolute Gasteiger partial charge is 0.478 e. The Bertz CT molecular complexity index is 883. The van der Waals surface area contributed by atoms with Gasteiger partial charge in [-0.25, -0.2) is 9.79 Å². The normalized spacial score (nSPS) is 17.5. The molecule has 0 aliphatic carbocycles. The van der Waals surface area contributed by atoms with Gasteiger partial charge in [0.2, 0.25) is 0 Å². The number of rotatable bonds is 4. The SMILES string of the molecule is COc1ccc(/C=C2\SC(=Nc3ccc(C(=O)O)cc3)N(C)C2=O)o1. The van der Waals surface area contributed by atoms with Gasteiger partial charge in [-0.15, -0.1) is 0 Å². The molecule has 1 aromatic carbocycles. The van der Waals surface area contributed by atoms with Gasteiger partial charge in [-0.2, -0.15) is 0 Å². The fourth-order valence-electron chi connectivity index (χ4n) is 2.09. The summed E-state index contributed by atoms with van der Waals surface area (Å²) in [5.74, 6) is -0.321. The second-order valence-corrected chi connectivity index (χ2v) is 6.09. The van der Waals surface area contributed by atoms with Crippen molar-refractivity contribution in [3.63, 3.8) is 0 Å². The number of hydrogen-bond acceptors (Lipinski definition) is 6. The molecule has 25 heavy (non-hydrogen) atoms. The van der Waals surface area contributed by atoms with Crippen LogP contribution in [-0.2, 0) is 4.79 Å². The van der Waals surface area contributed by atoms with E-state index in [2.05, 4.69) is 4.99 Å². The number of amidine groups is 1. The molecule has 0 atom stereocenters. The van der Waals surface area contributed by atoms with Crippen LogP contribution in [0.3, 0.4) is 0 Å². The number of carbonyl (C=O) groups is 2. The highest BCUT2D eigenvalue weighted by Crippen LogP contribution is 2.33. The van der Waals surface area contributed by atoms with E-state index in [1.54, 1.807) is 37.4 Å². The number of carbonyl (C=O) groups excluding carboxylic acids is 1. The Hall–Kier alpha value is -3.00. The summed E-state index contributed by atoms with van der Waals surface area (Å²) in [6.45, 7) is 0. The van der Waals surface area contributed by atoms with Crippen LogP contribution >= 0.6 is 11.8 Å². The van der Waals surface area contributed by atoms with E-state index in [0.29, 0.717) is 27.5 Å². The predicted octanol–water partition coefficient (Wildman–Crippen LogP) is 3.22. The van der Waals surface area contributed by atoms with Crippen molar-refractivity contribution in [3.05, 3.63) is 52.6 Å². The van der Waals surface area contributed by atoms with E-state index >= 15 is 0 Å². The van der Waals surface area contributed by atoms with Crippen LogP contribution in [0.15, 0.2) is 50.7 Å². The number of likely N-dealkylation sites (N-methyl/N-ethyl adjacent to an activating group) is 1. The van der Waals surface area contributed by atoms with Gasteiger partial charge < -0.3 is 14.3 Å². The van der Waals surface area contributed by atoms with E-state index in [4.69, 9.17) is 14.3 Å². The minimum absolute atomic E-state index is 0.180. The van der Waals surface area contributed by atoms with Gasteiger partial charge in [0.15, 0.2) is 5.17 Å². The van der Waals surface area contributed by atoms with E-state index in [1.165, 1.54) is 35.9 Å². The highest BCUT2D eigenvalue weighted by atomic mass is 32.2. The number of carboxylic acid groups (broad SMARTS) is 1. The zero-order valence-electron chi connectivity index (χ0n) is 13.4. The van der Waals surface area contributed by atoms with Crippen LogP contribution in [0.5, 0.6) is 5.95 Å². The molecule has 7 nitrogen and oxygen atoms in total. The fourth-order valence-corrected chi connectivity index (χ4v) is 3.06. The van der Waals surface area contributed by atoms with Crippen LogP contribution < -0.4 is 4.74 Å². The third-order valence-corrected chi connectivity index (χ3v) is 4.48. The number of methoxy groups -OCH3 is 1. The molecule has 2 heterocycles. The fraction of sp³-hybridized carbons (Fsp3) is 0.118. The Labute approximate surface area is 147 Å². The van der Waals surface area contributed by atoms with Gasteiger partial charge in [-0.1, -0.05) is 0 Å².